The van der Waals surface area contributed by atoms with Gasteiger partial charge in [-0.25, -0.2) is 4.79 Å². The number of urea groups is 1. The van der Waals surface area contributed by atoms with E-state index in [4.69, 9.17) is 9.47 Å². The number of aromatic nitrogens is 2. The Hall–Kier alpha value is -2.70. The van der Waals surface area contributed by atoms with Crippen LogP contribution in [-0.4, -0.2) is 48.0 Å². The van der Waals surface area contributed by atoms with Crippen molar-refractivity contribution in [2.75, 3.05) is 27.3 Å². The van der Waals surface area contributed by atoms with Crippen molar-refractivity contribution in [3.05, 3.63) is 41.2 Å². The molecule has 0 spiro atoms. The van der Waals surface area contributed by atoms with Gasteiger partial charge in [0.05, 0.1) is 26.0 Å². The fraction of sp³-hybridized carbons (Fsp3) is 0.524. The lowest BCUT2D eigenvalue weighted by atomic mass is 10.0. The van der Waals surface area contributed by atoms with Crippen LogP contribution in [0.25, 0.3) is 0 Å². The SMILES string of the molecule is COc1ccc(C2CCCN2C(=O)NCCCn2nc(C)cc2C)cc1OC. The zero-order valence-corrected chi connectivity index (χ0v) is 17.2. The molecular weight excluding hydrogens is 356 g/mol. The maximum atomic E-state index is 12.7. The first-order valence-corrected chi connectivity index (χ1v) is 9.81. The molecule has 1 aliphatic rings. The van der Waals surface area contributed by atoms with Crippen molar-refractivity contribution < 1.29 is 14.3 Å². The van der Waals surface area contributed by atoms with Crippen molar-refractivity contribution in [2.24, 2.45) is 0 Å². The number of carbonyl (C=O) groups excluding carboxylic acids is 1. The van der Waals surface area contributed by atoms with Gasteiger partial charge in [-0.05, 0) is 56.9 Å². The summed E-state index contributed by atoms with van der Waals surface area (Å²) in [5, 5.41) is 7.52. The molecule has 1 N–H and O–H groups in total. The number of hydrogen-bond acceptors (Lipinski definition) is 4. The lowest BCUT2D eigenvalue weighted by Gasteiger charge is -2.26. The van der Waals surface area contributed by atoms with E-state index in [0.717, 1.165) is 49.3 Å². The maximum Gasteiger partial charge on any atom is 0.317 e. The summed E-state index contributed by atoms with van der Waals surface area (Å²) in [4.78, 5) is 14.6. The zero-order valence-electron chi connectivity index (χ0n) is 17.2. The fourth-order valence-corrected chi connectivity index (χ4v) is 3.84. The number of carbonyl (C=O) groups is 1. The number of benzene rings is 1. The molecule has 1 aliphatic heterocycles. The molecule has 0 aliphatic carbocycles. The van der Waals surface area contributed by atoms with Crippen LogP contribution >= 0.6 is 0 Å². The number of nitrogens with one attached hydrogen (secondary N) is 1. The monoisotopic (exact) mass is 386 g/mol. The maximum absolute atomic E-state index is 12.7. The number of amides is 2. The summed E-state index contributed by atoms with van der Waals surface area (Å²) in [6.07, 6.45) is 2.80. The molecule has 3 rings (SSSR count). The highest BCUT2D eigenvalue weighted by Gasteiger charge is 2.30. The van der Waals surface area contributed by atoms with Gasteiger partial charge in [0.25, 0.3) is 0 Å². The van der Waals surface area contributed by atoms with Gasteiger partial charge in [0.2, 0.25) is 0 Å². The van der Waals surface area contributed by atoms with Gasteiger partial charge in [-0.3, -0.25) is 4.68 Å². The van der Waals surface area contributed by atoms with Crippen LogP contribution in [0, 0.1) is 13.8 Å². The smallest absolute Gasteiger partial charge is 0.317 e. The zero-order chi connectivity index (χ0) is 20.1. The number of aryl methyl sites for hydroxylation is 3. The standard InChI is InChI=1S/C21H30N4O3/c1-15-13-16(2)25(23-15)12-6-10-22-21(26)24-11-5-7-18(24)17-8-9-19(27-3)20(14-17)28-4/h8-9,13-14,18H,5-7,10-12H2,1-4H3,(H,22,26). The third-order valence-electron chi connectivity index (χ3n) is 5.23. The minimum atomic E-state index is -0.00865. The van der Waals surface area contributed by atoms with Crippen molar-refractivity contribution in [1.29, 1.82) is 0 Å². The molecule has 28 heavy (non-hydrogen) atoms. The van der Waals surface area contributed by atoms with E-state index in [2.05, 4.69) is 23.4 Å². The van der Waals surface area contributed by atoms with E-state index in [0.29, 0.717) is 18.0 Å². The summed E-state index contributed by atoms with van der Waals surface area (Å²) in [7, 11) is 3.25. The van der Waals surface area contributed by atoms with E-state index in [1.54, 1.807) is 14.2 Å². The lowest BCUT2D eigenvalue weighted by Crippen LogP contribution is -2.40. The van der Waals surface area contributed by atoms with Gasteiger partial charge < -0.3 is 19.7 Å². The molecule has 1 saturated heterocycles. The Labute approximate surface area is 166 Å². The molecule has 7 heteroatoms. The molecule has 2 heterocycles. The van der Waals surface area contributed by atoms with Crippen molar-refractivity contribution in [3.8, 4) is 11.5 Å². The van der Waals surface area contributed by atoms with Gasteiger partial charge >= 0.3 is 6.03 Å². The first kappa shape index (κ1) is 20.0. The number of rotatable bonds is 7. The Bertz CT molecular complexity index is 818. The van der Waals surface area contributed by atoms with Crippen LogP contribution in [0.5, 0.6) is 11.5 Å². The van der Waals surface area contributed by atoms with E-state index in [9.17, 15) is 4.79 Å². The molecule has 0 radical (unpaired) electrons. The van der Waals surface area contributed by atoms with Crippen molar-refractivity contribution >= 4 is 6.03 Å². The van der Waals surface area contributed by atoms with Crippen molar-refractivity contribution in [3.63, 3.8) is 0 Å². The van der Waals surface area contributed by atoms with E-state index in [1.807, 2.05) is 34.7 Å². The van der Waals surface area contributed by atoms with Crippen LogP contribution in [0.4, 0.5) is 4.79 Å². The summed E-state index contributed by atoms with van der Waals surface area (Å²) >= 11 is 0. The summed E-state index contributed by atoms with van der Waals surface area (Å²) in [5.41, 5.74) is 3.25. The molecule has 152 valence electrons. The highest BCUT2D eigenvalue weighted by molar-refractivity contribution is 5.75. The van der Waals surface area contributed by atoms with Gasteiger partial charge in [0.15, 0.2) is 11.5 Å². The number of ether oxygens (including phenoxy) is 2. The van der Waals surface area contributed by atoms with E-state index >= 15 is 0 Å². The Kier molecular flexibility index (Phi) is 6.44. The molecule has 0 bridgehead atoms. The fourth-order valence-electron chi connectivity index (χ4n) is 3.84. The highest BCUT2D eigenvalue weighted by atomic mass is 16.5. The van der Waals surface area contributed by atoms with Gasteiger partial charge in [0, 0.05) is 25.3 Å². The summed E-state index contributed by atoms with van der Waals surface area (Å²) < 4.78 is 12.7. The summed E-state index contributed by atoms with van der Waals surface area (Å²) in [5.74, 6) is 1.39. The minimum Gasteiger partial charge on any atom is -0.493 e. The minimum absolute atomic E-state index is 0.00865. The highest BCUT2D eigenvalue weighted by Crippen LogP contribution is 2.36. The van der Waals surface area contributed by atoms with Crippen molar-refractivity contribution in [1.82, 2.24) is 20.0 Å². The Balaban J connectivity index is 1.56. The van der Waals surface area contributed by atoms with E-state index in [-0.39, 0.29) is 12.1 Å². The first-order valence-electron chi connectivity index (χ1n) is 9.81. The first-order chi connectivity index (χ1) is 13.5. The van der Waals surface area contributed by atoms with Crippen LogP contribution in [0.3, 0.4) is 0 Å². The predicted octanol–water partition coefficient (Wildman–Crippen LogP) is 3.45. The Morgan fingerprint density at radius 2 is 2.00 bits per heavy atom. The molecular formula is C21H30N4O3. The number of methoxy groups -OCH3 is 2. The van der Waals surface area contributed by atoms with Crippen LogP contribution in [0.1, 0.15) is 42.3 Å². The van der Waals surface area contributed by atoms with E-state index in [1.165, 1.54) is 0 Å². The van der Waals surface area contributed by atoms with Crippen molar-refractivity contribution in [2.45, 2.75) is 45.7 Å². The molecule has 1 atom stereocenters. The molecule has 2 aromatic rings. The molecule has 7 nitrogen and oxygen atoms in total. The van der Waals surface area contributed by atoms with E-state index < -0.39 is 0 Å². The second kappa shape index (κ2) is 8.99. The molecule has 1 aromatic carbocycles. The predicted molar refractivity (Wildman–Crippen MR) is 108 cm³/mol. The molecule has 1 fully saturated rings. The lowest BCUT2D eigenvalue weighted by molar-refractivity contribution is 0.192. The Morgan fingerprint density at radius 3 is 2.68 bits per heavy atom. The second-order valence-electron chi connectivity index (χ2n) is 7.20. The van der Waals surface area contributed by atoms with Crippen LogP contribution in [0.15, 0.2) is 24.3 Å². The van der Waals surface area contributed by atoms with Gasteiger partial charge in [-0.1, -0.05) is 6.07 Å². The summed E-state index contributed by atoms with van der Waals surface area (Å²) in [6.45, 7) is 6.25. The number of hydrogen-bond donors (Lipinski definition) is 1. The average Bonchev–Trinajstić information content (AvgIpc) is 3.30. The van der Waals surface area contributed by atoms with Crippen LogP contribution in [0.2, 0.25) is 0 Å². The summed E-state index contributed by atoms with van der Waals surface area (Å²) in [6, 6.07) is 8.01. The van der Waals surface area contributed by atoms with Crippen LogP contribution < -0.4 is 14.8 Å². The molecule has 0 saturated carbocycles. The van der Waals surface area contributed by atoms with Gasteiger partial charge in [-0.2, -0.15) is 5.10 Å². The molecule has 1 unspecified atom stereocenters. The van der Waals surface area contributed by atoms with Gasteiger partial charge in [-0.15, -0.1) is 0 Å². The molecule has 2 amide bonds. The number of likely N-dealkylation sites (tertiary alicyclic amines) is 1. The Morgan fingerprint density at radius 1 is 1.21 bits per heavy atom. The topological polar surface area (TPSA) is 68.6 Å². The third-order valence-corrected chi connectivity index (χ3v) is 5.23. The quantitative estimate of drug-likeness (QED) is 0.740. The molecule has 1 aromatic heterocycles. The third kappa shape index (κ3) is 4.40. The second-order valence-corrected chi connectivity index (χ2v) is 7.20. The van der Waals surface area contributed by atoms with Crippen LogP contribution in [-0.2, 0) is 6.54 Å². The van der Waals surface area contributed by atoms with Gasteiger partial charge in [0.1, 0.15) is 0 Å². The average molecular weight is 386 g/mol. The largest absolute Gasteiger partial charge is 0.493 e. The normalized spacial score (nSPS) is 16.3. The number of nitrogens with zero attached hydrogens (tertiary/aromatic N) is 3.